The number of carbonyl (C=O) groups is 3. The largest absolute Gasteiger partial charge is 0.481 e. The summed E-state index contributed by atoms with van der Waals surface area (Å²) in [5.74, 6) is -1.26. The zero-order chi connectivity index (χ0) is 15.8. The van der Waals surface area contributed by atoms with Crippen molar-refractivity contribution in [2.45, 2.75) is 20.3 Å². The molecule has 0 bridgehead atoms. The lowest BCUT2D eigenvalue weighted by Gasteiger charge is -2.43. The molecular formula is C14H23N3O4. The highest BCUT2D eigenvalue weighted by Gasteiger charge is 2.45. The van der Waals surface area contributed by atoms with Crippen LogP contribution in [0.5, 0.6) is 0 Å². The van der Waals surface area contributed by atoms with Crippen molar-refractivity contribution in [3.05, 3.63) is 0 Å². The molecule has 0 aromatic rings. The Labute approximate surface area is 124 Å². The van der Waals surface area contributed by atoms with Gasteiger partial charge in [-0.15, -0.1) is 0 Å². The predicted molar refractivity (Wildman–Crippen MR) is 75.6 cm³/mol. The number of aliphatic carboxylic acids is 1. The van der Waals surface area contributed by atoms with Gasteiger partial charge in [-0.1, -0.05) is 6.92 Å². The van der Waals surface area contributed by atoms with Crippen LogP contribution >= 0.6 is 0 Å². The lowest BCUT2D eigenvalue weighted by molar-refractivity contribution is -0.145. The number of likely N-dealkylation sites (tertiary alicyclic amines) is 2. The first-order valence-corrected chi connectivity index (χ1v) is 7.27. The van der Waals surface area contributed by atoms with Crippen LogP contribution in [0.25, 0.3) is 0 Å². The third-order valence-electron chi connectivity index (χ3n) is 4.80. The number of rotatable bonds is 3. The highest BCUT2D eigenvalue weighted by Crippen LogP contribution is 2.32. The minimum absolute atomic E-state index is 0.0272. The summed E-state index contributed by atoms with van der Waals surface area (Å²) in [6.07, 6.45) is 0.654. The van der Waals surface area contributed by atoms with Crippen molar-refractivity contribution in [3.63, 3.8) is 0 Å². The van der Waals surface area contributed by atoms with E-state index in [1.807, 2.05) is 6.92 Å². The Hall–Kier alpha value is -1.79. The summed E-state index contributed by atoms with van der Waals surface area (Å²) in [4.78, 5) is 38.4. The van der Waals surface area contributed by atoms with E-state index in [2.05, 4.69) is 5.32 Å². The molecule has 0 aliphatic carbocycles. The monoisotopic (exact) mass is 297 g/mol. The SMILES string of the molecule is CNC(=O)C1(C)CCN(C(=O)N2CC(C(C)C(=O)O)C2)C1. The molecule has 7 nitrogen and oxygen atoms in total. The van der Waals surface area contributed by atoms with Crippen LogP contribution in [0.2, 0.25) is 0 Å². The highest BCUT2D eigenvalue weighted by atomic mass is 16.4. The van der Waals surface area contributed by atoms with E-state index < -0.39 is 17.3 Å². The van der Waals surface area contributed by atoms with Crippen molar-refractivity contribution >= 4 is 17.9 Å². The number of amides is 3. The van der Waals surface area contributed by atoms with Gasteiger partial charge in [0.2, 0.25) is 5.91 Å². The molecular weight excluding hydrogens is 274 g/mol. The van der Waals surface area contributed by atoms with Crippen molar-refractivity contribution in [1.82, 2.24) is 15.1 Å². The van der Waals surface area contributed by atoms with Gasteiger partial charge in [0.15, 0.2) is 0 Å². The Balaban J connectivity index is 1.87. The molecule has 0 aromatic heterocycles. The van der Waals surface area contributed by atoms with Crippen LogP contribution in [0.1, 0.15) is 20.3 Å². The van der Waals surface area contributed by atoms with Crippen LogP contribution in [0.3, 0.4) is 0 Å². The Morgan fingerprint density at radius 1 is 1.29 bits per heavy atom. The summed E-state index contributed by atoms with van der Waals surface area (Å²) in [5.41, 5.74) is -0.525. The van der Waals surface area contributed by atoms with E-state index in [1.54, 1.807) is 23.8 Å². The molecule has 0 aromatic carbocycles. The Morgan fingerprint density at radius 2 is 1.90 bits per heavy atom. The second-order valence-electron chi connectivity index (χ2n) is 6.39. The average molecular weight is 297 g/mol. The lowest BCUT2D eigenvalue weighted by Crippen LogP contribution is -2.57. The van der Waals surface area contributed by atoms with Gasteiger partial charge in [0.05, 0.1) is 11.3 Å². The van der Waals surface area contributed by atoms with E-state index in [-0.39, 0.29) is 17.9 Å². The normalized spacial score (nSPS) is 27.2. The molecule has 0 radical (unpaired) electrons. The van der Waals surface area contributed by atoms with Crippen LogP contribution in [-0.4, -0.2) is 66.0 Å². The number of nitrogens with zero attached hydrogens (tertiary/aromatic N) is 2. The average Bonchev–Trinajstić information content (AvgIpc) is 2.79. The van der Waals surface area contributed by atoms with Gasteiger partial charge in [-0.2, -0.15) is 0 Å². The van der Waals surface area contributed by atoms with Crippen LogP contribution in [0.15, 0.2) is 0 Å². The van der Waals surface area contributed by atoms with Crippen LogP contribution < -0.4 is 5.32 Å². The molecule has 0 spiro atoms. The number of carboxylic acids is 1. The maximum absolute atomic E-state index is 12.3. The molecule has 7 heteroatoms. The summed E-state index contributed by atoms with van der Waals surface area (Å²) in [5, 5.41) is 11.6. The first kappa shape index (κ1) is 15.6. The first-order valence-electron chi connectivity index (χ1n) is 7.27. The number of hydrogen-bond donors (Lipinski definition) is 2. The molecule has 2 aliphatic rings. The van der Waals surface area contributed by atoms with E-state index in [9.17, 15) is 14.4 Å². The number of carboxylic acid groups (broad SMARTS) is 1. The van der Waals surface area contributed by atoms with Crippen LogP contribution in [0.4, 0.5) is 4.79 Å². The van der Waals surface area contributed by atoms with Gasteiger partial charge in [-0.25, -0.2) is 4.79 Å². The Kier molecular flexibility index (Phi) is 4.11. The summed E-state index contributed by atoms with van der Waals surface area (Å²) in [6.45, 7) is 5.50. The first-order chi connectivity index (χ1) is 9.78. The summed E-state index contributed by atoms with van der Waals surface area (Å²) < 4.78 is 0. The third kappa shape index (κ3) is 2.82. The molecule has 2 N–H and O–H groups in total. The minimum Gasteiger partial charge on any atom is -0.481 e. The molecule has 2 rings (SSSR count). The van der Waals surface area contributed by atoms with Crippen LogP contribution in [-0.2, 0) is 9.59 Å². The molecule has 2 atom stereocenters. The van der Waals surface area contributed by atoms with Gasteiger partial charge >= 0.3 is 12.0 Å². The smallest absolute Gasteiger partial charge is 0.320 e. The summed E-state index contributed by atoms with van der Waals surface area (Å²) >= 11 is 0. The van der Waals surface area contributed by atoms with Crippen molar-refractivity contribution in [3.8, 4) is 0 Å². The van der Waals surface area contributed by atoms with E-state index >= 15 is 0 Å². The Morgan fingerprint density at radius 3 is 2.43 bits per heavy atom. The number of urea groups is 1. The summed E-state index contributed by atoms with van der Waals surface area (Å²) in [7, 11) is 1.60. The molecule has 2 fully saturated rings. The van der Waals surface area contributed by atoms with Gasteiger partial charge in [0, 0.05) is 39.1 Å². The third-order valence-corrected chi connectivity index (χ3v) is 4.80. The van der Waals surface area contributed by atoms with Crippen molar-refractivity contribution in [1.29, 1.82) is 0 Å². The number of hydrogen-bond acceptors (Lipinski definition) is 3. The maximum atomic E-state index is 12.3. The van der Waals surface area contributed by atoms with E-state index in [4.69, 9.17) is 5.11 Å². The van der Waals surface area contributed by atoms with Crippen molar-refractivity contribution < 1.29 is 19.5 Å². The zero-order valence-corrected chi connectivity index (χ0v) is 12.8. The topological polar surface area (TPSA) is 90.0 Å². The molecule has 3 amide bonds. The molecule has 2 heterocycles. The molecule has 2 saturated heterocycles. The lowest BCUT2D eigenvalue weighted by atomic mass is 9.87. The second kappa shape index (κ2) is 5.54. The number of carbonyl (C=O) groups excluding carboxylic acids is 2. The minimum atomic E-state index is -0.819. The maximum Gasteiger partial charge on any atom is 0.320 e. The van der Waals surface area contributed by atoms with E-state index in [1.165, 1.54) is 0 Å². The van der Waals surface area contributed by atoms with Gasteiger partial charge in [0.1, 0.15) is 0 Å². The predicted octanol–water partition coefficient (Wildman–Crippen LogP) is 0.217. The Bertz CT molecular complexity index is 461. The quantitative estimate of drug-likeness (QED) is 0.779. The number of nitrogens with one attached hydrogen (secondary N) is 1. The second-order valence-corrected chi connectivity index (χ2v) is 6.39. The van der Waals surface area contributed by atoms with Crippen LogP contribution in [0, 0.1) is 17.3 Å². The molecule has 2 unspecified atom stereocenters. The molecule has 0 saturated carbocycles. The van der Waals surface area contributed by atoms with Crippen molar-refractivity contribution in [2.24, 2.45) is 17.3 Å². The van der Waals surface area contributed by atoms with E-state index in [0.717, 1.165) is 0 Å². The fraction of sp³-hybridized carbons (Fsp3) is 0.786. The summed E-state index contributed by atoms with van der Waals surface area (Å²) in [6, 6.07) is -0.0866. The van der Waals surface area contributed by atoms with E-state index in [0.29, 0.717) is 32.6 Å². The molecule has 2 aliphatic heterocycles. The highest BCUT2D eigenvalue weighted by molar-refractivity contribution is 5.84. The standard InChI is InChI=1S/C14H23N3O4/c1-9(11(18)19)10-6-17(7-10)13(21)16-5-4-14(2,8-16)12(20)15-3/h9-10H,4-8H2,1-3H3,(H,15,20)(H,18,19). The fourth-order valence-corrected chi connectivity index (χ4v) is 3.00. The fourth-order valence-electron chi connectivity index (χ4n) is 3.00. The van der Waals surface area contributed by atoms with Gasteiger partial charge in [-0.05, 0) is 13.3 Å². The van der Waals surface area contributed by atoms with Crippen molar-refractivity contribution in [2.75, 3.05) is 33.2 Å². The zero-order valence-electron chi connectivity index (χ0n) is 12.8. The van der Waals surface area contributed by atoms with Gasteiger partial charge < -0.3 is 20.2 Å². The molecule has 118 valence electrons. The van der Waals surface area contributed by atoms with Gasteiger partial charge in [-0.3, -0.25) is 9.59 Å². The molecule has 21 heavy (non-hydrogen) atoms. The van der Waals surface area contributed by atoms with Gasteiger partial charge in [0.25, 0.3) is 0 Å².